The summed E-state index contributed by atoms with van der Waals surface area (Å²) in [4.78, 5) is 0. The summed E-state index contributed by atoms with van der Waals surface area (Å²) in [6, 6.07) is 0. The van der Waals surface area contributed by atoms with Gasteiger partial charge in [0.05, 0.1) is 6.10 Å². The normalized spacial score (nSPS) is 16.7. The van der Waals surface area contributed by atoms with Crippen molar-refractivity contribution in [3.63, 3.8) is 0 Å². The van der Waals surface area contributed by atoms with E-state index in [1.807, 2.05) is 26.0 Å². The molecule has 0 saturated carbocycles. The maximum atomic E-state index is 9.67. The second kappa shape index (κ2) is 8.19. The van der Waals surface area contributed by atoms with Crippen molar-refractivity contribution in [2.75, 3.05) is 0 Å². The van der Waals surface area contributed by atoms with E-state index in [0.29, 0.717) is 5.92 Å². The molecule has 0 heterocycles. The zero-order chi connectivity index (χ0) is 12.6. The van der Waals surface area contributed by atoms with Gasteiger partial charge in [-0.05, 0) is 39.0 Å². The van der Waals surface area contributed by atoms with Gasteiger partial charge in [0.1, 0.15) is 0 Å². The van der Waals surface area contributed by atoms with Crippen LogP contribution in [0.5, 0.6) is 0 Å². The molecule has 90 valence electrons. The Labute approximate surface area is 100 Å². The van der Waals surface area contributed by atoms with E-state index in [0.717, 1.165) is 19.3 Å². The molecule has 0 aliphatic heterocycles. The van der Waals surface area contributed by atoms with Crippen molar-refractivity contribution < 1.29 is 5.11 Å². The fourth-order valence-electron chi connectivity index (χ4n) is 1.78. The zero-order valence-electron chi connectivity index (χ0n) is 10.7. The van der Waals surface area contributed by atoms with Crippen LogP contribution in [-0.2, 0) is 0 Å². The quantitative estimate of drug-likeness (QED) is 0.514. The first-order valence-corrected chi connectivity index (χ1v) is 5.92. The van der Waals surface area contributed by atoms with E-state index in [-0.39, 0.29) is 12.0 Å². The largest absolute Gasteiger partial charge is 0.389 e. The molecule has 0 radical (unpaired) electrons. The van der Waals surface area contributed by atoms with Crippen molar-refractivity contribution in [1.29, 1.82) is 0 Å². The standard InChI is InChI=1S/C15H24O/c1-6-8-15(16)11-13(5)14(7-2)10-9-12(3)4/h2,6,8,13-16H,3,9-11H2,1,4-5H3/b8-6+/t13-,14+,15-/m0/s1. The van der Waals surface area contributed by atoms with Crippen molar-refractivity contribution in [3.8, 4) is 12.3 Å². The molecule has 3 atom stereocenters. The van der Waals surface area contributed by atoms with Crippen LogP contribution in [0.1, 0.15) is 40.0 Å². The van der Waals surface area contributed by atoms with E-state index in [1.54, 1.807) is 0 Å². The third-order valence-electron chi connectivity index (χ3n) is 2.81. The lowest BCUT2D eigenvalue weighted by Crippen LogP contribution is -2.16. The number of hydrogen-bond acceptors (Lipinski definition) is 1. The molecule has 0 saturated heterocycles. The molecule has 0 rings (SSSR count). The van der Waals surface area contributed by atoms with Crippen LogP contribution in [0.25, 0.3) is 0 Å². The predicted molar refractivity (Wildman–Crippen MR) is 71.0 cm³/mol. The summed E-state index contributed by atoms with van der Waals surface area (Å²) in [5.41, 5.74) is 1.17. The molecule has 0 unspecified atom stereocenters. The zero-order valence-corrected chi connectivity index (χ0v) is 10.7. The van der Waals surface area contributed by atoms with Crippen LogP contribution in [0.15, 0.2) is 24.3 Å². The second-order valence-electron chi connectivity index (χ2n) is 4.58. The van der Waals surface area contributed by atoms with Crippen LogP contribution >= 0.6 is 0 Å². The third kappa shape index (κ3) is 6.48. The first-order valence-electron chi connectivity index (χ1n) is 5.92. The van der Waals surface area contributed by atoms with Crippen molar-refractivity contribution in [2.24, 2.45) is 11.8 Å². The SMILES string of the molecule is C#C[C@H](CCC(=C)C)[C@@H](C)C[C@@H](O)/C=C/C. The smallest absolute Gasteiger partial charge is 0.0723 e. The van der Waals surface area contributed by atoms with Crippen LogP contribution in [0, 0.1) is 24.2 Å². The van der Waals surface area contributed by atoms with E-state index >= 15 is 0 Å². The Balaban J connectivity index is 4.15. The molecule has 1 nitrogen and oxygen atoms in total. The molecule has 0 aromatic heterocycles. The highest BCUT2D eigenvalue weighted by Crippen LogP contribution is 2.23. The molecule has 16 heavy (non-hydrogen) atoms. The van der Waals surface area contributed by atoms with Crippen molar-refractivity contribution in [3.05, 3.63) is 24.3 Å². The van der Waals surface area contributed by atoms with Gasteiger partial charge in [-0.15, -0.1) is 18.9 Å². The van der Waals surface area contributed by atoms with Gasteiger partial charge < -0.3 is 5.11 Å². The second-order valence-corrected chi connectivity index (χ2v) is 4.58. The molecule has 0 bridgehead atoms. The van der Waals surface area contributed by atoms with Crippen LogP contribution in [0.3, 0.4) is 0 Å². The lowest BCUT2D eigenvalue weighted by molar-refractivity contribution is 0.177. The molecule has 0 aromatic rings. The van der Waals surface area contributed by atoms with Crippen LogP contribution in [0.2, 0.25) is 0 Å². The van der Waals surface area contributed by atoms with Crippen LogP contribution in [-0.4, -0.2) is 11.2 Å². The molecule has 0 amide bonds. The van der Waals surface area contributed by atoms with Crippen molar-refractivity contribution in [1.82, 2.24) is 0 Å². The summed E-state index contributed by atoms with van der Waals surface area (Å²) in [7, 11) is 0. The molecule has 0 fully saturated rings. The Morgan fingerprint density at radius 1 is 1.56 bits per heavy atom. The van der Waals surface area contributed by atoms with Gasteiger partial charge in [-0.3, -0.25) is 0 Å². The fraction of sp³-hybridized carbons (Fsp3) is 0.600. The lowest BCUT2D eigenvalue weighted by atomic mass is 9.85. The highest BCUT2D eigenvalue weighted by atomic mass is 16.3. The van der Waals surface area contributed by atoms with E-state index < -0.39 is 0 Å². The van der Waals surface area contributed by atoms with Crippen LogP contribution < -0.4 is 0 Å². The van der Waals surface area contributed by atoms with Gasteiger partial charge in [0, 0.05) is 5.92 Å². The Kier molecular flexibility index (Phi) is 7.68. The number of aliphatic hydroxyl groups excluding tert-OH is 1. The first kappa shape index (κ1) is 15.0. The molecule has 0 aliphatic carbocycles. The molecular weight excluding hydrogens is 196 g/mol. The first-order chi connectivity index (χ1) is 7.51. The third-order valence-corrected chi connectivity index (χ3v) is 2.81. The fourth-order valence-corrected chi connectivity index (χ4v) is 1.78. The van der Waals surface area contributed by atoms with Gasteiger partial charge in [-0.25, -0.2) is 0 Å². The monoisotopic (exact) mass is 220 g/mol. The lowest BCUT2D eigenvalue weighted by Gasteiger charge is -2.20. The Morgan fingerprint density at radius 2 is 2.19 bits per heavy atom. The number of aliphatic hydroxyl groups is 1. The summed E-state index contributed by atoms with van der Waals surface area (Å²) in [5.74, 6) is 3.40. The van der Waals surface area contributed by atoms with Gasteiger partial charge in [-0.2, -0.15) is 0 Å². The molecular formula is C15H24O. The minimum Gasteiger partial charge on any atom is -0.389 e. The predicted octanol–water partition coefficient (Wildman–Crippen LogP) is 3.56. The van der Waals surface area contributed by atoms with E-state index in [1.165, 1.54) is 5.57 Å². The number of terminal acetylenes is 1. The van der Waals surface area contributed by atoms with E-state index in [4.69, 9.17) is 6.42 Å². The minimum atomic E-state index is -0.374. The van der Waals surface area contributed by atoms with Crippen molar-refractivity contribution in [2.45, 2.75) is 46.1 Å². The molecule has 0 spiro atoms. The average Bonchev–Trinajstić information content (AvgIpc) is 2.18. The van der Waals surface area contributed by atoms with Gasteiger partial charge in [0.25, 0.3) is 0 Å². The molecule has 0 aliphatic rings. The topological polar surface area (TPSA) is 20.2 Å². The van der Waals surface area contributed by atoms with Gasteiger partial charge in [-0.1, -0.05) is 24.6 Å². The Hall–Kier alpha value is -1.00. The van der Waals surface area contributed by atoms with Gasteiger partial charge >= 0.3 is 0 Å². The Bertz CT molecular complexity index is 270. The number of rotatable bonds is 7. The Morgan fingerprint density at radius 3 is 2.62 bits per heavy atom. The summed E-state index contributed by atoms with van der Waals surface area (Å²) < 4.78 is 0. The summed E-state index contributed by atoms with van der Waals surface area (Å²) in [6.45, 7) is 9.92. The van der Waals surface area contributed by atoms with Crippen LogP contribution in [0.4, 0.5) is 0 Å². The average molecular weight is 220 g/mol. The highest BCUT2D eigenvalue weighted by Gasteiger charge is 2.17. The molecule has 1 heteroatoms. The number of hydrogen-bond donors (Lipinski definition) is 1. The maximum absolute atomic E-state index is 9.67. The van der Waals surface area contributed by atoms with E-state index in [9.17, 15) is 5.11 Å². The van der Waals surface area contributed by atoms with Gasteiger partial charge in [0.15, 0.2) is 0 Å². The van der Waals surface area contributed by atoms with Crippen molar-refractivity contribution >= 4 is 0 Å². The highest BCUT2D eigenvalue weighted by molar-refractivity contribution is 5.00. The molecule has 0 aromatic carbocycles. The summed E-state index contributed by atoms with van der Waals surface area (Å²) in [5, 5.41) is 9.67. The minimum absolute atomic E-state index is 0.233. The summed E-state index contributed by atoms with van der Waals surface area (Å²) >= 11 is 0. The van der Waals surface area contributed by atoms with E-state index in [2.05, 4.69) is 19.4 Å². The maximum Gasteiger partial charge on any atom is 0.0723 e. The summed E-state index contributed by atoms with van der Waals surface area (Å²) in [6.07, 6.45) is 11.5. The number of allylic oxidation sites excluding steroid dienone is 2. The van der Waals surface area contributed by atoms with Gasteiger partial charge in [0.2, 0.25) is 0 Å². The molecule has 1 N–H and O–H groups in total.